The van der Waals surface area contributed by atoms with Gasteiger partial charge in [0.25, 0.3) is 0 Å². The van der Waals surface area contributed by atoms with Crippen LogP contribution in [-0.4, -0.2) is 28.2 Å². The van der Waals surface area contributed by atoms with Crippen LogP contribution in [0.4, 0.5) is 0 Å². The van der Waals surface area contributed by atoms with Crippen LogP contribution in [0.5, 0.6) is 0 Å². The molecular formula is C10H18O3. The van der Waals surface area contributed by atoms with Gasteiger partial charge in [0.05, 0.1) is 11.7 Å². The number of aliphatic hydroxyl groups excluding tert-OH is 2. The predicted molar refractivity (Wildman–Crippen MR) is 48.0 cm³/mol. The highest BCUT2D eigenvalue weighted by Gasteiger charge is 2.53. The second-order valence-corrected chi connectivity index (χ2v) is 4.63. The Morgan fingerprint density at radius 3 is 2.77 bits per heavy atom. The summed E-state index contributed by atoms with van der Waals surface area (Å²) in [5.41, 5.74) is -0.497. The Morgan fingerprint density at radius 2 is 2.15 bits per heavy atom. The van der Waals surface area contributed by atoms with E-state index in [1.807, 2.05) is 6.92 Å². The smallest absolute Gasteiger partial charge is 0.158 e. The Balaban J connectivity index is 2.20. The predicted octanol–water partition coefficient (Wildman–Crippen LogP) is 0.891. The van der Waals surface area contributed by atoms with Crippen molar-refractivity contribution < 1.29 is 14.9 Å². The van der Waals surface area contributed by atoms with Crippen LogP contribution in [0.1, 0.15) is 33.1 Å². The first-order valence-electron chi connectivity index (χ1n) is 5.11. The highest BCUT2D eigenvalue weighted by molar-refractivity contribution is 5.00. The largest absolute Gasteiger partial charge is 0.390 e. The Labute approximate surface area is 78.7 Å². The van der Waals surface area contributed by atoms with Crippen LogP contribution in [-0.2, 0) is 4.74 Å². The molecule has 0 aromatic carbocycles. The average Bonchev–Trinajstić information content (AvgIpc) is 2.33. The number of fused-ring (bicyclic) bond motifs is 2. The van der Waals surface area contributed by atoms with E-state index in [-0.39, 0.29) is 5.92 Å². The minimum atomic E-state index is -0.656. The summed E-state index contributed by atoms with van der Waals surface area (Å²) in [5.74, 6) is 0.527. The third-order valence-corrected chi connectivity index (χ3v) is 3.66. The summed E-state index contributed by atoms with van der Waals surface area (Å²) in [5, 5.41) is 19.6. The van der Waals surface area contributed by atoms with E-state index in [0.717, 1.165) is 19.3 Å². The minimum absolute atomic E-state index is 0.235. The van der Waals surface area contributed by atoms with Crippen molar-refractivity contribution >= 4 is 0 Å². The molecule has 4 unspecified atom stereocenters. The van der Waals surface area contributed by atoms with Crippen LogP contribution in [0.2, 0.25) is 0 Å². The maximum Gasteiger partial charge on any atom is 0.158 e. The highest BCUT2D eigenvalue weighted by Crippen LogP contribution is 2.47. The maximum atomic E-state index is 10.00. The molecule has 2 N–H and O–H groups in total. The molecule has 1 heterocycles. The zero-order valence-corrected chi connectivity index (χ0v) is 8.23. The van der Waals surface area contributed by atoms with E-state index in [2.05, 4.69) is 6.92 Å². The fraction of sp³-hybridized carbons (Fsp3) is 1.00. The van der Waals surface area contributed by atoms with E-state index in [9.17, 15) is 10.2 Å². The van der Waals surface area contributed by atoms with Gasteiger partial charge in [0.15, 0.2) is 6.29 Å². The normalized spacial score (nSPS) is 55.4. The first-order valence-corrected chi connectivity index (χ1v) is 5.11. The van der Waals surface area contributed by atoms with E-state index in [0.29, 0.717) is 5.92 Å². The molecule has 0 amide bonds. The third kappa shape index (κ3) is 1.30. The Hall–Kier alpha value is -0.120. The Bertz CT molecular complexity index is 202. The molecule has 0 aromatic heterocycles. The third-order valence-electron chi connectivity index (χ3n) is 3.66. The van der Waals surface area contributed by atoms with Crippen molar-refractivity contribution in [2.24, 2.45) is 11.8 Å². The summed E-state index contributed by atoms with van der Waals surface area (Å²) in [6, 6.07) is 0. The molecule has 1 saturated heterocycles. The Kier molecular flexibility index (Phi) is 2.13. The molecule has 2 aliphatic rings. The molecule has 1 saturated carbocycles. The lowest BCUT2D eigenvalue weighted by Gasteiger charge is -2.38. The number of rotatable bonds is 1. The van der Waals surface area contributed by atoms with Gasteiger partial charge < -0.3 is 14.9 Å². The zero-order valence-electron chi connectivity index (χ0n) is 8.23. The lowest BCUT2D eigenvalue weighted by Crippen LogP contribution is -2.46. The Morgan fingerprint density at radius 1 is 1.46 bits per heavy atom. The van der Waals surface area contributed by atoms with Gasteiger partial charge in [-0.25, -0.2) is 0 Å². The summed E-state index contributed by atoms with van der Waals surface area (Å²) < 4.78 is 5.42. The van der Waals surface area contributed by atoms with Crippen molar-refractivity contribution in [2.45, 2.75) is 51.1 Å². The molecule has 1 aliphatic carbocycles. The zero-order chi connectivity index (χ0) is 9.64. The summed E-state index contributed by atoms with van der Waals surface area (Å²) in [4.78, 5) is 0. The lowest BCUT2D eigenvalue weighted by atomic mass is 9.72. The average molecular weight is 186 g/mol. The first-order chi connectivity index (χ1) is 6.07. The lowest BCUT2D eigenvalue weighted by molar-refractivity contribution is -0.171. The summed E-state index contributed by atoms with van der Waals surface area (Å²) in [6.07, 6.45) is 1.59. The number of hydrogen-bond donors (Lipinski definition) is 2. The fourth-order valence-electron chi connectivity index (χ4n) is 2.84. The number of aliphatic hydroxyl groups is 2. The summed E-state index contributed by atoms with van der Waals surface area (Å²) in [7, 11) is 0. The van der Waals surface area contributed by atoms with Gasteiger partial charge in [0.2, 0.25) is 0 Å². The van der Waals surface area contributed by atoms with Crippen LogP contribution in [0.25, 0.3) is 0 Å². The standard InChI is InChI=1S/C10H18O3/c1-3-6-4-7-5-10(2,8(6)11)13-9(7)12/h6-9,11-12H,3-5H2,1-2H3/t6?,7?,8?,9-,10?/m0/s1. The number of ether oxygens (including phenoxy) is 1. The van der Waals surface area contributed by atoms with Crippen LogP contribution < -0.4 is 0 Å². The van der Waals surface area contributed by atoms with Crippen molar-refractivity contribution in [3.8, 4) is 0 Å². The first kappa shape index (κ1) is 9.44. The van der Waals surface area contributed by atoms with E-state index < -0.39 is 18.0 Å². The quantitative estimate of drug-likeness (QED) is 0.639. The minimum Gasteiger partial charge on any atom is -0.390 e. The van der Waals surface area contributed by atoms with Crippen molar-refractivity contribution in [3.05, 3.63) is 0 Å². The van der Waals surface area contributed by atoms with Gasteiger partial charge in [-0.05, 0) is 25.7 Å². The fourth-order valence-corrected chi connectivity index (χ4v) is 2.84. The van der Waals surface area contributed by atoms with Gasteiger partial charge in [-0.2, -0.15) is 0 Å². The van der Waals surface area contributed by atoms with E-state index in [1.165, 1.54) is 0 Å². The van der Waals surface area contributed by atoms with E-state index in [1.54, 1.807) is 0 Å². The van der Waals surface area contributed by atoms with Crippen LogP contribution >= 0.6 is 0 Å². The summed E-state index contributed by atoms with van der Waals surface area (Å²) >= 11 is 0. The van der Waals surface area contributed by atoms with Gasteiger partial charge in [-0.3, -0.25) is 0 Å². The van der Waals surface area contributed by atoms with E-state index in [4.69, 9.17) is 4.74 Å². The van der Waals surface area contributed by atoms with Crippen molar-refractivity contribution in [1.82, 2.24) is 0 Å². The van der Waals surface area contributed by atoms with Crippen molar-refractivity contribution in [2.75, 3.05) is 0 Å². The van der Waals surface area contributed by atoms with Crippen LogP contribution in [0, 0.1) is 11.8 Å². The molecular weight excluding hydrogens is 168 g/mol. The van der Waals surface area contributed by atoms with Crippen LogP contribution in [0.15, 0.2) is 0 Å². The molecule has 0 aromatic rings. The second kappa shape index (κ2) is 2.94. The van der Waals surface area contributed by atoms with Gasteiger partial charge in [0.1, 0.15) is 0 Å². The summed E-state index contributed by atoms with van der Waals surface area (Å²) in [6.45, 7) is 3.98. The number of hydrogen-bond acceptors (Lipinski definition) is 3. The molecule has 1 aliphatic heterocycles. The topological polar surface area (TPSA) is 49.7 Å². The molecule has 76 valence electrons. The second-order valence-electron chi connectivity index (χ2n) is 4.63. The highest BCUT2D eigenvalue weighted by atomic mass is 16.6. The van der Waals surface area contributed by atoms with Gasteiger partial charge in [-0.1, -0.05) is 13.3 Å². The van der Waals surface area contributed by atoms with Crippen molar-refractivity contribution in [1.29, 1.82) is 0 Å². The molecule has 3 nitrogen and oxygen atoms in total. The molecule has 13 heavy (non-hydrogen) atoms. The molecule has 2 bridgehead atoms. The molecule has 0 spiro atoms. The SMILES string of the molecule is CCC1CC2CC(C)(O[C@@H]2O)C1O. The molecule has 5 atom stereocenters. The van der Waals surface area contributed by atoms with Gasteiger partial charge in [-0.15, -0.1) is 0 Å². The van der Waals surface area contributed by atoms with Crippen molar-refractivity contribution in [3.63, 3.8) is 0 Å². The maximum absolute atomic E-state index is 10.00. The van der Waals surface area contributed by atoms with E-state index >= 15 is 0 Å². The monoisotopic (exact) mass is 186 g/mol. The van der Waals surface area contributed by atoms with Gasteiger partial charge >= 0.3 is 0 Å². The molecule has 0 radical (unpaired) electrons. The molecule has 2 fully saturated rings. The molecule has 3 heteroatoms. The molecule has 2 rings (SSSR count). The van der Waals surface area contributed by atoms with Gasteiger partial charge in [0, 0.05) is 5.92 Å². The van der Waals surface area contributed by atoms with Crippen LogP contribution in [0.3, 0.4) is 0 Å².